The summed E-state index contributed by atoms with van der Waals surface area (Å²) in [6.45, 7) is 0. The summed E-state index contributed by atoms with van der Waals surface area (Å²) in [6, 6.07) is 83.7. The van der Waals surface area contributed by atoms with E-state index in [0.717, 1.165) is 22.7 Å². The lowest BCUT2D eigenvalue weighted by Crippen LogP contribution is -2.10. The molecule has 11 rings (SSSR count). The summed E-state index contributed by atoms with van der Waals surface area (Å²) in [6.07, 6.45) is 0. The Balaban J connectivity index is 1.01. The fraction of sp³-hybridized carbons (Fsp3) is 0. The van der Waals surface area contributed by atoms with Crippen LogP contribution >= 0.6 is 0 Å². The standard InChI is InChI=1S/C56H38N2/c1-2-13-39(14-3-1)44-17-12-18-48(38-44)57(56-36-35-49(50-19-6-7-20-51(50)56)45-26-25-40-15-4-5-16-43(40)37-45)46-31-27-41(28-32-46)42-29-33-47(34-30-42)58-54-23-10-8-21-52(54)53-22-9-11-24-55(53)58/h1-38H. The number of nitrogens with zero attached hydrogens (tertiary/aromatic N) is 2. The minimum absolute atomic E-state index is 1.10. The first-order chi connectivity index (χ1) is 28.8. The molecule has 0 unspecified atom stereocenters. The van der Waals surface area contributed by atoms with Gasteiger partial charge in [-0.1, -0.05) is 170 Å². The second-order valence-corrected chi connectivity index (χ2v) is 15.0. The molecule has 0 amide bonds. The number of benzene rings is 10. The van der Waals surface area contributed by atoms with Crippen molar-refractivity contribution in [1.82, 2.24) is 4.57 Å². The van der Waals surface area contributed by atoms with Crippen molar-refractivity contribution in [1.29, 1.82) is 0 Å². The van der Waals surface area contributed by atoms with Gasteiger partial charge in [0.05, 0.1) is 16.7 Å². The van der Waals surface area contributed by atoms with Crippen molar-refractivity contribution in [3.8, 4) is 39.1 Å². The number of hydrogen-bond acceptors (Lipinski definition) is 1. The number of hydrogen-bond donors (Lipinski definition) is 0. The average Bonchev–Trinajstić information content (AvgIpc) is 3.64. The van der Waals surface area contributed by atoms with Gasteiger partial charge in [0.1, 0.15) is 0 Å². The smallest absolute Gasteiger partial charge is 0.0541 e. The Morgan fingerprint density at radius 1 is 0.293 bits per heavy atom. The minimum Gasteiger partial charge on any atom is -0.310 e. The fourth-order valence-electron chi connectivity index (χ4n) is 8.78. The van der Waals surface area contributed by atoms with Crippen LogP contribution in [0.5, 0.6) is 0 Å². The van der Waals surface area contributed by atoms with Crippen LogP contribution in [0.4, 0.5) is 17.1 Å². The second-order valence-electron chi connectivity index (χ2n) is 15.0. The highest BCUT2D eigenvalue weighted by molar-refractivity contribution is 6.09. The molecular weight excluding hydrogens is 701 g/mol. The van der Waals surface area contributed by atoms with Crippen LogP contribution in [-0.2, 0) is 0 Å². The van der Waals surface area contributed by atoms with Crippen LogP contribution in [0.15, 0.2) is 231 Å². The van der Waals surface area contributed by atoms with Gasteiger partial charge in [0.15, 0.2) is 0 Å². The van der Waals surface area contributed by atoms with E-state index in [2.05, 4.69) is 240 Å². The predicted molar refractivity (Wildman–Crippen MR) is 247 cm³/mol. The van der Waals surface area contributed by atoms with Crippen LogP contribution in [0, 0.1) is 0 Å². The SMILES string of the molecule is c1ccc(-c2cccc(N(c3ccc(-c4ccc(-n5c6ccccc6c6ccccc65)cc4)cc3)c3ccc(-c4ccc5ccccc5c4)c4ccccc34)c2)cc1. The predicted octanol–water partition coefficient (Wildman–Crippen LogP) is 15.6. The summed E-state index contributed by atoms with van der Waals surface area (Å²) in [5.41, 5.74) is 14.1. The van der Waals surface area contributed by atoms with Crippen LogP contribution in [0.2, 0.25) is 0 Å². The molecule has 11 aromatic rings. The summed E-state index contributed by atoms with van der Waals surface area (Å²) in [4.78, 5) is 2.41. The molecule has 0 bridgehead atoms. The average molecular weight is 739 g/mol. The zero-order valence-corrected chi connectivity index (χ0v) is 31.8. The molecule has 58 heavy (non-hydrogen) atoms. The van der Waals surface area contributed by atoms with E-state index < -0.39 is 0 Å². The minimum atomic E-state index is 1.10. The Morgan fingerprint density at radius 2 is 0.845 bits per heavy atom. The lowest BCUT2D eigenvalue weighted by atomic mass is 9.94. The van der Waals surface area contributed by atoms with Gasteiger partial charge in [0, 0.05) is 33.2 Å². The van der Waals surface area contributed by atoms with Crippen molar-refractivity contribution in [3.05, 3.63) is 231 Å². The zero-order chi connectivity index (χ0) is 38.4. The second kappa shape index (κ2) is 14.1. The lowest BCUT2D eigenvalue weighted by molar-refractivity contribution is 1.18. The first-order valence-corrected chi connectivity index (χ1v) is 19.9. The maximum absolute atomic E-state index is 2.41. The van der Waals surface area contributed by atoms with E-state index in [1.807, 2.05) is 0 Å². The number of aromatic nitrogens is 1. The molecule has 272 valence electrons. The van der Waals surface area contributed by atoms with Gasteiger partial charge in [-0.05, 0) is 110 Å². The molecular formula is C56H38N2. The number of fused-ring (bicyclic) bond motifs is 5. The van der Waals surface area contributed by atoms with Crippen LogP contribution in [-0.4, -0.2) is 4.57 Å². The van der Waals surface area contributed by atoms with Crippen LogP contribution < -0.4 is 4.90 Å². The number of para-hydroxylation sites is 2. The largest absolute Gasteiger partial charge is 0.310 e. The molecule has 0 radical (unpaired) electrons. The normalized spacial score (nSPS) is 11.4. The summed E-state index contributed by atoms with van der Waals surface area (Å²) >= 11 is 0. The van der Waals surface area contributed by atoms with Crippen molar-refractivity contribution in [2.45, 2.75) is 0 Å². The van der Waals surface area contributed by atoms with Gasteiger partial charge in [0.2, 0.25) is 0 Å². The maximum Gasteiger partial charge on any atom is 0.0541 e. The Kier molecular flexibility index (Phi) is 8.19. The molecule has 0 aliphatic carbocycles. The Morgan fingerprint density at radius 3 is 1.57 bits per heavy atom. The molecule has 0 saturated carbocycles. The lowest BCUT2D eigenvalue weighted by Gasteiger charge is -2.28. The Bertz CT molecular complexity index is 3210. The van der Waals surface area contributed by atoms with Gasteiger partial charge >= 0.3 is 0 Å². The molecule has 1 heterocycles. The first kappa shape index (κ1) is 33.6. The van der Waals surface area contributed by atoms with E-state index in [4.69, 9.17) is 0 Å². The quantitative estimate of drug-likeness (QED) is 0.158. The van der Waals surface area contributed by atoms with E-state index in [-0.39, 0.29) is 0 Å². The summed E-state index contributed by atoms with van der Waals surface area (Å²) in [5.74, 6) is 0. The molecule has 0 fully saturated rings. The van der Waals surface area contributed by atoms with Crippen molar-refractivity contribution < 1.29 is 0 Å². The molecule has 0 saturated heterocycles. The monoisotopic (exact) mass is 738 g/mol. The van der Waals surface area contributed by atoms with Gasteiger partial charge < -0.3 is 9.47 Å². The molecule has 2 nitrogen and oxygen atoms in total. The van der Waals surface area contributed by atoms with Crippen molar-refractivity contribution in [3.63, 3.8) is 0 Å². The molecule has 0 aliphatic rings. The zero-order valence-electron chi connectivity index (χ0n) is 31.8. The van der Waals surface area contributed by atoms with E-state index >= 15 is 0 Å². The van der Waals surface area contributed by atoms with Crippen molar-refractivity contribution in [2.24, 2.45) is 0 Å². The van der Waals surface area contributed by atoms with Gasteiger partial charge in [-0.15, -0.1) is 0 Å². The third kappa shape index (κ3) is 5.82. The van der Waals surface area contributed by atoms with Gasteiger partial charge in [0.25, 0.3) is 0 Å². The molecule has 2 heteroatoms. The molecule has 0 spiro atoms. The van der Waals surface area contributed by atoms with E-state index in [0.29, 0.717) is 0 Å². The highest BCUT2D eigenvalue weighted by Crippen LogP contribution is 2.44. The van der Waals surface area contributed by atoms with Gasteiger partial charge in [-0.2, -0.15) is 0 Å². The Hall–Kier alpha value is -7.68. The number of rotatable bonds is 7. The number of anilines is 3. The first-order valence-electron chi connectivity index (χ1n) is 19.9. The van der Waals surface area contributed by atoms with E-state index in [9.17, 15) is 0 Å². The summed E-state index contributed by atoms with van der Waals surface area (Å²) < 4.78 is 2.37. The molecule has 0 aliphatic heterocycles. The topological polar surface area (TPSA) is 8.17 Å². The summed E-state index contributed by atoms with van der Waals surface area (Å²) in [5, 5.41) is 7.45. The third-order valence-electron chi connectivity index (χ3n) is 11.6. The van der Waals surface area contributed by atoms with Gasteiger partial charge in [-0.25, -0.2) is 0 Å². The van der Waals surface area contributed by atoms with Crippen molar-refractivity contribution >= 4 is 60.4 Å². The van der Waals surface area contributed by atoms with E-state index in [1.165, 1.54) is 76.7 Å². The molecule has 10 aromatic carbocycles. The maximum atomic E-state index is 2.41. The molecule has 1 aromatic heterocycles. The van der Waals surface area contributed by atoms with Crippen molar-refractivity contribution in [2.75, 3.05) is 4.90 Å². The highest BCUT2D eigenvalue weighted by Gasteiger charge is 2.19. The van der Waals surface area contributed by atoms with E-state index in [1.54, 1.807) is 0 Å². The van der Waals surface area contributed by atoms with Gasteiger partial charge in [-0.3, -0.25) is 0 Å². The molecule has 0 N–H and O–H groups in total. The van der Waals surface area contributed by atoms with Crippen LogP contribution in [0.3, 0.4) is 0 Å². The Labute approximate surface area is 338 Å². The van der Waals surface area contributed by atoms with Crippen LogP contribution in [0.1, 0.15) is 0 Å². The highest BCUT2D eigenvalue weighted by atomic mass is 15.1. The van der Waals surface area contributed by atoms with Crippen LogP contribution in [0.25, 0.3) is 82.4 Å². The summed E-state index contributed by atoms with van der Waals surface area (Å²) in [7, 11) is 0. The third-order valence-corrected chi connectivity index (χ3v) is 11.6. The molecule has 0 atom stereocenters. The fourth-order valence-corrected chi connectivity index (χ4v) is 8.78.